The monoisotopic (exact) mass is 278 g/mol. The summed E-state index contributed by atoms with van der Waals surface area (Å²) in [5, 5.41) is 2.83. The van der Waals surface area contributed by atoms with Crippen LogP contribution in [0.15, 0.2) is 24.3 Å². The molecule has 0 spiro atoms. The number of esters is 1. The van der Waals surface area contributed by atoms with Crippen molar-refractivity contribution in [2.75, 3.05) is 5.73 Å². The lowest BCUT2D eigenvalue weighted by molar-refractivity contribution is -0.130. The quantitative estimate of drug-likeness (QED) is 0.638. The molecule has 0 saturated carbocycles. The standard InChI is InChI=1S/C15H22N2O3/c1-5-15(3,4)17-13(18)10(2)20-14(19)11-7-6-8-12(16)9-11/h6-10H,5,16H2,1-4H3,(H,17,18). The maximum Gasteiger partial charge on any atom is 0.338 e. The molecule has 1 aromatic carbocycles. The number of carbonyl (C=O) groups excluding carboxylic acids is 2. The highest BCUT2D eigenvalue weighted by molar-refractivity contribution is 5.93. The summed E-state index contributed by atoms with van der Waals surface area (Å²) in [4.78, 5) is 23.8. The van der Waals surface area contributed by atoms with E-state index in [2.05, 4.69) is 5.32 Å². The number of hydrogen-bond donors (Lipinski definition) is 2. The number of ether oxygens (including phenoxy) is 1. The van der Waals surface area contributed by atoms with Crippen LogP contribution in [0.4, 0.5) is 5.69 Å². The first-order valence-electron chi connectivity index (χ1n) is 6.63. The first-order chi connectivity index (χ1) is 9.25. The predicted molar refractivity (Wildman–Crippen MR) is 78.2 cm³/mol. The van der Waals surface area contributed by atoms with Gasteiger partial charge >= 0.3 is 5.97 Å². The van der Waals surface area contributed by atoms with Gasteiger partial charge in [0.25, 0.3) is 5.91 Å². The Kier molecular flexibility index (Phi) is 5.13. The summed E-state index contributed by atoms with van der Waals surface area (Å²) in [7, 11) is 0. The molecule has 5 nitrogen and oxygen atoms in total. The molecule has 5 heteroatoms. The Labute approximate surface area is 119 Å². The molecule has 0 heterocycles. The van der Waals surface area contributed by atoms with Crippen LogP contribution in [0.3, 0.4) is 0 Å². The van der Waals surface area contributed by atoms with Crippen molar-refractivity contribution in [3.8, 4) is 0 Å². The number of hydrogen-bond acceptors (Lipinski definition) is 4. The third-order valence-electron chi connectivity index (χ3n) is 3.12. The summed E-state index contributed by atoms with van der Waals surface area (Å²) in [6, 6.07) is 6.45. The number of benzene rings is 1. The molecule has 1 atom stereocenters. The number of anilines is 1. The summed E-state index contributed by atoms with van der Waals surface area (Å²) >= 11 is 0. The van der Waals surface area contributed by atoms with Gasteiger partial charge in [-0.1, -0.05) is 13.0 Å². The van der Waals surface area contributed by atoms with Crippen LogP contribution in [0.25, 0.3) is 0 Å². The topological polar surface area (TPSA) is 81.4 Å². The van der Waals surface area contributed by atoms with E-state index in [1.165, 1.54) is 6.07 Å². The second-order valence-electron chi connectivity index (χ2n) is 5.40. The van der Waals surface area contributed by atoms with Crippen LogP contribution in [-0.4, -0.2) is 23.5 Å². The molecule has 3 N–H and O–H groups in total. The minimum atomic E-state index is -0.852. The largest absolute Gasteiger partial charge is 0.449 e. The van der Waals surface area contributed by atoms with Crippen molar-refractivity contribution < 1.29 is 14.3 Å². The number of carbonyl (C=O) groups is 2. The van der Waals surface area contributed by atoms with E-state index in [1.807, 2.05) is 20.8 Å². The summed E-state index contributed by atoms with van der Waals surface area (Å²) in [5.41, 5.74) is 6.09. The van der Waals surface area contributed by atoms with Crippen LogP contribution >= 0.6 is 0 Å². The molecule has 1 unspecified atom stereocenters. The third-order valence-corrected chi connectivity index (χ3v) is 3.12. The van der Waals surface area contributed by atoms with Gasteiger partial charge in [-0.25, -0.2) is 4.79 Å². The first kappa shape index (κ1) is 16.0. The predicted octanol–water partition coefficient (Wildman–Crippen LogP) is 2.12. The molecule has 0 aromatic heterocycles. The van der Waals surface area contributed by atoms with Gasteiger partial charge in [-0.05, 0) is 45.4 Å². The van der Waals surface area contributed by atoms with Crippen LogP contribution in [0.1, 0.15) is 44.5 Å². The molecule has 1 rings (SSSR count). The first-order valence-corrected chi connectivity index (χ1v) is 6.63. The second-order valence-corrected chi connectivity index (χ2v) is 5.40. The van der Waals surface area contributed by atoms with Gasteiger partial charge in [0.1, 0.15) is 0 Å². The van der Waals surface area contributed by atoms with Gasteiger partial charge in [0, 0.05) is 11.2 Å². The van der Waals surface area contributed by atoms with Crippen LogP contribution < -0.4 is 11.1 Å². The number of nitrogens with one attached hydrogen (secondary N) is 1. The number of rotatable bonds is 5. The number of nitrogens with two attached hydrogens (primary N) is 1. The minimum Gasteiger partial charge on any atom is -0.449 e. The Morgan fingerprint density at radius 2 is 2.05 bits per heavy atom. The fourth-order valence-corrected chi connectivity index (χ4v) is 1.47. The van der Waals surface area contributed by atoms with Crippen molar-refractivity contribution in [1.82, 2.24) is 5.32 Å². The Bertz CT molecular complexity index is 498. The van der Waals surface area contributed by atoms with Crippen LogP contribution in [0.2, 0.25) is 0 Å². The van der Waals surface area contributed by atoms with Crippen molar-refractivity contribution in [3.05, 3.63) is 29.8 Å². The summed E-state index contributed by atoms with van der Waals surface area (Å²) < 4.78 is 5.14. The molecule has 110 valence electrons. The van der Waals surface area contributed by atoms with E-state index in [0.717, 1.165) is 6.42 Å². The molecular formula is C15H22N2O3. The van der Waals surface area contributed by atoms with E-state index in [4.69, 9.17) is 10.5 Å². The van der Waals surface area contributed by atoms with E-state index in [-0.39, 0.29) is 11.4 Å². The van der Waals surface area contributed by atoms with Gasteiger partial charge in [0.2, 0.25) is 0 Å². The molecule has 0 radical (unpaired) electrons. The van der Waals surface area contributed by atoms with Crippen molar-refractivity contribution in [2.24, 2.45) is 0 Å². The molecular weight excluding hydrogens is 256 g/mol. The van der Waals surface area contributed by atoms with Gasteiger partial charge in [-0.2, -0.15) is 0 Å². The van der Waals surface area contributed by atoms with E-state index in [9.17, 15) is 9.59 Å². The van der Waals surface area contributed by atoms with Crippen molar-refractivity contribution in [3.63, 3.8) is 0 Å². The minimum absolute atomic E-state index is 0.311. The van der Waals surface area contributed by atoms with Crippen molar-refractivity contribution >= 4 is 17.6 Å². The molecule has 1 aromatic rings. The molecule has 0 aliphatic carbocycles. The molecule has 20 heavy (non-hydrogen) atoms. The smallest absolute Gasteiger partial charge is 0.338 e. The van der Waals surface area contributed by atoms with E-state index in [1.54, 1.807) is 25.1 Å². The average Bonchev–Trinajstić information content (AvgIpc) is 2.38. The van der Waals surface area contributed by atoms with Gasteiger partial charge in [-0.15, -0.1) is 0 Å². The lowest BCUT2D eigenvalue weighted by Crippen LogP contribution is -2.47. The van der Waals surface area contributed by atoms with Gasteiger partial charge in [0.15, 0.2) is 6.10 Å². The maximum atomic E-state index is 11.9. The Hall–Kier alpha value is -2.04. The maximum absolute atomic E-state index is 11.9. The lowest BCUT2D eigenvalue weighted by atomic mass is 10.0. The number of amides is 1. The van der Waals surface area contributed by atoms with Crippen LogP contribution in [-0.2, 0) is 9.53 Å². The lowest BCUT2D eigenvalue weighted by Gasteiger charge is -2.26. The summed E-state index contributed by atoms with van der Waals surface area (Å²) in [5.74, 6) is -0.872. The van der Waals surface area contributed by atoms with Crippen LogP contribution in [0.5, 0.6) is 0 Å². The highest BCUT2D eigenvalue weighted by atomic mass is 16.5. The SMILES string of the molecule is CCC(C)(C)NC(=O)C(C)OC(=O)c1cccc(N)c1. The number of nitrogen functional groups attached to an aromatic ring is 1. The van der Waals surface area contributed by atoms with Gasteiger partial charge in [-0.3, -0.25) is 4.79 Å². The van der Waals surface area contributed by atoms with E-state index < -0.39 is 12.1 Å². The molecule has 1 amide bonds. The molecule has 0 saturated heterocycles. The van der Waals surface area contributed by atoms with Crippen LogP contribution in [0, 0.1) is 0 Å². The van der Waals surface area contributed by atoms with Gasteiger partial charge < -0.3 is 15.8 Å². The van der Waals surface area contributed by atoms with Crippen molar-refractivity contribution in [2.45, 2.75) is 45.8 Å². The second kappa shape index (κ2) is 6.41. The highest BCUT2D eigenvalue weighted by Crippen LogP contribution is 2.11. The normalized spacial score (nSPS) is 12.6. The molecule has 0 bridgehead atoms. The fourth-order valence-electron chi connectivity index (χ4n) is 1.47. The zero-order valence-corrected chi connectivity index (χ0v) is 12.4. The zero-order chi connectivity index (χ0) is 15.3. The summed E-state index contributed by atoms with van der Waals surface area (Å²) in [6.07, 6.45) is -0.0657. The molecule has 0 fully saturated rings. The van der Waals surface area contributed by atoms with E-state index in [0.29, 0.717) is 11.3 Å². The molecule has 0 aliphatic rings. The highest BCUT2D eigenvalue weighted by Gasteiger charge is 2.24. The van der Waals surface area contributed by atoms with Crippen molar-refractivity contribution in [1.29, 1.82) is 0 Å². The third kappa shape index (κ3) is 4.57. The van der Waals surface area contributed by atoms with Gasteiger partial charge in [0.05, 0.1) is 5.56 Å². The summed E-state index contributed by atoms with van der Waals surface area (Å²) in [6.45, 7) is 7.35. The zero-order valence-electron chi connectivity index (χ0n) is 12.4. The fraction of sp³-hybridized carbons (Fsp3) is 0.467. The Morgan fingerprint density at radius 1 is 1.40 bits per heavy atom. The Balaban J connectivity index is 2.64. The van der Waals surface area contributed by atoms with E-state index >= 15 is 0 Å². The molecule has 0 aliphatic heterocycles. The average molecular weight is 278 g/mol. The Morgan fingerprint density at radius 3 is 2.60 bits per heavy atom.